The van der Waals surface area contributed by atoms with Crippen LogP contribution in [0.3, 0.4) is 0 Å². The van der Waals surface area contributed by atoms with Crippen molar-refractivity contribution in [1.82, 2.24) is 9.97 Å². The van der Waals surface area contributed by atoms with Crippen molar-refractivity contribution in [2.24, 2.45) is 11.7 Å². The Morgan fingerprint density at radius 3 is 2.78 bits per heavy atom. The van der Waals surface area contributed by atoms with Gasteiger partial charge in [0.05, 0.1) is 11.1 Å². The van der Waals surface area contributed by atoms with Crippen molar-refractivity contribution in [3.8, 4) is 22.9 Å². The van der Waals surface area contributed by atoms with Gasteiger partial charge < -0.3 is 10.5 Å². The third-order valence-electron chi connectivity index (χ3n) is 4.39. The van der Waals surface area contributed by atoms with Gasteiger partial charge in [-0.15, -0.1) is 0 Å². The van der Waals surface area contributed by atoms with Gasteiger partial charge in [-0.2, -0.15) is 5.26 Å². The molecule has 3 aromatic rings. The van der Waals surface area contributed by atoms with Crippen LogP contribution in [-0.2, 0) is 0 Å². The monoisotopic (exact) mass is 360 g/mol. The molecule has 0 amide bonds. The topological polar surface area (TPSA) is 84.8 Å². The molecule has 0 spiro atoms. The van der Waals surface area contributed by atoms with Gasteiger partial charge >= 0.3 is 0 Å². The average molecular weight is 360 g/mol. The number of aromatic nitrogens is 2. The van der Waals surface area contributed by atoms with Crippen molar-refractivity contribution in [2.45, 2.75) is 32.7 Å². The predicted octanol–water partition coefficient (Wildman–Crippen LogP) is 4.31. The largest absolute Gasteiger partial charge is 0.490 e. The first-order valence-electron chi connectivity index (χ1n) is 9.04. The second kappa shape index (κ2) is 7.73. The lowest BCUT2D eigenvalue weighted by Gasteiger charge is -2.26. The highest BCUT2D eigenvalue weighted by molar-refractivity contribution is 5.93. The molecule has 1 aromatic carbocycles. The van der Waals surface area contributed by atoms with Crippen molar-refractivity contribution in [3.05, 3.63) is 54.5 Å². The fraction of sp³-hybridized carbons (Fsp3) is 0.318. The molecule has 2 heterocycles. The molecule has 5 heteroatoms. The summed E-state index contributed by atoms with van der Waals surface area (Å²) in [6.45, 7) is 6.61. The van der Waals surface area contributed by atoms with E-state index >= 15 is 0 Å². The van der Waals surface area contributed by atoms with Gasteiger partial charge in [-0.1, -0.05) is 19.9 Å². The first-order valence-corrected chi connectivity index (χ1v) is 9.04. The van der Waals surface area contributed by atoms with Crippen LogP contribution in [0.2, 0.25) is 0 Å². The molecule has 0 aliphatic heterocycles. The zero-order valence-electron chi connectivity index (χ0n) is 15.9. The van der Waals surface area contributed by atoms with Gasteiger partial charge in [0.1, 0.15) is 18.4 Å². The lowest BCUT2D eigenvalue weighted by atomic mass is 9.93. The van der Waals surface area contributed by atoms with Gasteiger partial charge in [0.15, 0.2) is 0 Å². The molecule has 27 heavy (non-hydrogen) atoms. The third-order valence-corrected chi connectivity index (χ3v) is 4.39. The Morgan fingerprint density at radius 1 is 1.22 bits per heavy atom. The van der Waals surface area contributed by atoms with Gasteiger partial charge in [-0.05, 0) is 54.7 Å². The van der Waals surface area contributed by atoms with Crippen LogP contribution in [0.1, 0.15) is 32.8 Å². The van der Waals surface area contributed by atoms with Crippen LogP contribution in [0.25, 0.3) is 22.0 Å². The van der Waals surface area contributed by atoms with E-state index in [-0.39, 0.29) is 0 Å². The summed E-state index contributed by atoms with van der Waals surface area (Å²) in [5, 5.41) is 10.5. The van der Waals surface area contributed by atoms with Gasteiger partial charge in [-0.3, -0.25) is 9.97 Å². The number of benzene rings is 1. The first-order chi connectivity index (χ1) is 12.9. The molecule has 0 aliphatic carbocycles. The Labute approximate surface area is 159 Å². The molecule has 2 aromatic heterocycles. The average Bonchev–Trinajstić information content (AvgIpc) is 2.65. The number of ether oxygens (including phenoxy) is 1. The molecular weight excluding hydrogens is 336 g/mol. The smallest absolute Gasteiger partial charge is 0.137 e. The van der Waals surface area contributed by atoms with Gasteiger partial charge in [0.2, 0.25) is 0 Å². The molecule has 2 N–H and O–H groups in total. The minimum atomic E-state index is -0.438. The summed E-state index contributed by atoms with van der Waals surface area (Å²) in [5.41, 5.74) is 9.15. The van der Waals surface area contributed by atoms with E-state index in [1.807, 2.05) is 37.3 Å². The van der Waals surface area contributed by atoms with E-state index < -0.39 is 5.54 Å². The maximum absolute atomic E-state index is 9.59. The molecule has 1 unspecified atom stereocenters. The van der Waals surface area contributed by atoms with E-state index in [9.17, 15) is 5.26 Å². The lowest BCUT2D eigenvalue weighted by Crippen LogP contribution is -2.43. The van der Waals surface area contributed by atoms with Crippen LogP contribution < -0.4 is 10.5 Å². The SMILES string of the molecule is CC(C)CC(C)(N)COc1ccc(-c2ccnc3ccncc23)cc1C#N. The Kier molecular flexibility index (Phi) is 5.38. The number of hydrogen-bond acceptors (Lipinski definition) is 5. The molecule has 5 nitrogen and oxygen atoms in total. The second-order valence-corrected chi connectivity index (χ2v) is 7.61. The Balaban J connectivity index is 1.90. The number of nitrogens with zero attached hydrogens (tertiary/aromatic N) is 3. The highest BCUT2D eigenvalue weighted by Gasteiger charge is 2.21. The van der Waals surface area contributed by atoms with E-state index in [1.54, 1.807) is 18.6 Å². The van der Waals surface area contributed by atoms with Crippen molar-refractivity contribution in [1.29, 1.82) is 5.26 Å². The van der Waals surface area contributed by atoms with Crippen molar-refractivity contribution in [2.75, 3.05) is 6.61 Å². The molecule has 0 radical (unpaired) electrons. The fourth-order valence-electron chi connectivity index (χ4n) is 3.39. The Bertz CT molecular complexity index is 984. The minimum absolute atomic E-state index is 0.362. The summed E-state index contributed by atoms with van der Waals surface area (Å²) in [7, 11) is 0. The standard InChI is InChI=1S/C22H24N4O/c1-15(2)11-22(3,24)14-27-21-5-4-16(10-17(21)12-23)18-6-9-26-20-7-8-25-13-19(18)20/h4-10,13,15H,11,14,24H2,1-3H3. The third kappa shape index (κ3) is 4.42. The number of nitriles is 1. The fourth-order valence-corrected chi connectivity index (χ4v) is 3.39. The maximum Gasteiger partial charge on any atom is 0.137 e. The lowest BCUT2D eigenvalue weighted by molar-refractivity contribution is 0.206. The molecule has 0 saturated carbocycles. The van der Waals surface area contributed by atoms with Crippen LogP contribution in [0, 0.1) is 17.2 Å². The van der Waals surface area contributed by atoms with Gasteiger partial charge in [-0.25, -0.2) is 0 Å². The molecule has 0 saturated heterocycles. The van der Waals surface area contributed by atoms with Crippen molar-refractivity contribution >= 4 is 10.9 Å². The van der Waals surface area contributed by atoms with Crippen LogP contribution >= 0.6 is 0 Å². The van der Waals surface area contributed by atoms with Gasteiger partial charge in [0, 0.05) is 29.5 Å². The maximum atomic E-state index is 9.59. The zero-order valence-corrected chi connectivity index (χ0v) is 15.9. The quantitative estimate of drug-likeness (QED) is 0.708. The number of fused-ring (bicyclic) bond motifs is 1. The van der Waals surface area contributed by atoms with E-state index in [4.69, 9.17) is 10.5 Å². The Morgan fingerprint density at radius 2 is 2.04 bits per heavy atom. The van der Waals surface area contributed by atoms with E-state index in [0.717, 1.165) is 28.5 Å². The van der Waals surface area contributed by atoms with Crippen molar-refractivity contribution < 1.29 is 4.74 Å². The van der Waals surface area contributed by atoms with Crippen LogP contribution in [0.4, 0.5) is 0 Å². The summed E-state index contributed by atoms with van der Waals surface area (Å²) in [4.78, 5) is 8.56. The highest BCUT2D eigenvalue weighted by Crippen LogP contribution is 2.31. The highest BCUT2D eigenvalue weighted by atomic mass is 16.5. The zero-order chi connectivity index (χ0) is 19.4. The number of nitrogens with two attached hydrogens (primary N) is 1. The van der Waals surface area contributed by atoms with Crippen LogP contribution in [-0.4, -0.2) is 22.1 Å². The second-order valence-electron chi connectivity index (χ2n) is 7.61. The van der Waals surface area contributed by atoms with E-state index in [0.29, 0.717) is 23.8 Å². The summed E-state index contributed by atoms with van der Waals surface area (Å²) < 4.78 is 5.90. The van der Waals surface area contributed by atoms with Crippen LogP contribution in [0.15, 0.2) is 48.9 Å². The number of hydrogen-bond donors (Lipinski definition) is 1. The molecule has 138 valence electrons. The molecule has 0 fully saturated rings. The summed E-state index contributed by atoms with van der Waals surface area (Å²) >= 11 is 0. The number of rotatable bonds is 6. The summed E-state index contributed by atoms with van der Waals surface area (Å²) in [5.74, 6) is 1.04. The van der Waals surface area contributed by atoms with Crippen LogP contribution in [0.5, 0.6) is 5.75 Å². The molecule has 1 atom stereocenters. The normalized spacial score (nSPS) is 13.3. The molecular formula is C22H24N4O. The molecule has 3 rings (SSSR count). The van der Waals surface area contributed by atoms with E-state index in [2.05, 4.69) is 29.9 Å². The first kappa shape index (κ1) is 18.8. The van der Waals surface area contributed by atoms with E-state index in [1.165, 1.54) is 0 Å². The summed E-state index contributed by atoms with van der Waals surface area (Å²) in [6.07, 6.45) is 6.13. The molecule has 0 bridgehead atoms. The minimum Gasteiger partial charge on any atom is -0.490 e. The van der Waals surface area contributed by atoms with Crippen molar-refractivity contribution in [3.63, 3.8) is 0 Å². The predicted molar refractivity (Wildman–Crippen MR) is 107 cm³/mol. The van der Waals surface area contributed by atoms with Gasteiger partial charge in [0.25, 0.3) is 0 Å². The summed E-state index contributed by atoms with van der Waals surface area (Å²) in [6, 6.07) is 11.7. The molecule has 0 aliphatic rings. The number of pyridine rings is 2. The Hall–Kier alpha value is -2.97.